The number of hydrogen-bond donors (Lipinski definition) is 0. The summed E-state index contributed by atoms with van der Waals surface area (Å²) in [5.74, 6) is 0.192. The number of hydrogen-bond acceptors (Lipinski definition) is 3. The third kappa shape index (κ3) is 3.85. The Balaban J connectivity index is 2.98. The fraction of sp³-hybridized carbons (Fsp3) is 0.611. The molecule has 118 valence electrons. The summed E-state index contributed by atoms with van der Waals surface area (Å²) in [7, 11) is 0. The smallest absolute Gasteiger partial charge is 0.182 e. The highest BCUT2D eigenvalue weighted by Crippen LogP contribution is 2.22. The van der Waals surface area contributed by atoms with Gasteiger partial charge in [0.05, 0.1) is 5.54 Å². The summed E-state index contributed by atoms with van der Waals surface area (Å²) in [5, 5.41) is 0. The Morgan fingerprint density at radius 3 is 1.76 bits per heavy atom. The Kier molecular flexibility index (Phi) is 6.41. The van der Waals surface area contributed by atoms with Gasteiger partial charge < -0.3 is 4.90 Å². The van der Waals surface area contributed by atoms with E-state index in [4.69, 9.17) is 0 Å². The zero-order valence-electron chi connectivity index (χ0n) is 14.4. The number of Topliss-reactive ketones (excluding diaryl/α,β-unsaturated/α-hetero) is 1. The first-order valence-electron chi connectivity index (χ1n) is 8.07. The molecule has 0 aromatic heterocycles. The van der Waals surface area contributed by atoms with Gasteiger partial charge >= 0.3 is 0 Å². The quantitative estimate of drug-likeness (QED) is 0.680. The normalized spacial score (nSPS) is 11.8. The minimum absolute atomic E-state index is 0.192. The molecule has 1 aromatic rings. The molecule has 1 rings (SSSR count). The van der Waals surface area contributed by atoms with Gasteiger partial charge in [0.1, 0.15) is 0 Å². The third-order valence-corrected chi connectivity index (χ3v) is 4.37. The third-order valence-electron chi connectivity index (χ3n) is 4.37. The van der Waals surface area contributed by atoms with Crippen LogP contribution in [0.25, 0.3) is 0 Å². The van der Waals surface area contributed by atoms with E-state index < -0.39 is 5.54 Å². The van der Waals surface area contributed by atoms with E-state index in [1.54, 1.807) is 0 Å². The fourth-order valence-electron chi connectivity index (χ4n) is 2.92. The van der Waals surface area contributed by atoms with Gasteiger partial charge in [0.15, 0.2) is 5.78 Å². The van der Waals surface area contributed by atoms with E-state index >= 15 is 0 Å². The Labute approximate surface area is 129 Å². The maximum atomic E-state index is 12.8. The number of nitrogens with zero attached hydrogens (tertiary/aromatic N) is 2. The predicted octanol–water partition coefficient (Wildman–Crippen LogP) is 3.84. The van der Waals surface area contributed by atoms with E-state index in [0.717, 1.165) is 31.7 Å². The molecule has 21 heavy (non-hydrogen) atoms. The maximum absolute atomic E-state index is 12.8. The van der Waals surface area contributed by atoms with Crippen molar-refractivity contribution in [2.75, 3.05) is 31.1 Å². The molecule has 1 aromatic carbocycles. The van der Waals surface area contributed by atoms with E-state index in [-0.39, 0.29) is 5.78 Å². The fourth-order valence-corrected chi connectivity index (χ4v) is 2.92. The lowest BCUT2D eigenvalue weighted by molar-refractivity contribution is 0.0669. The van der Waals surface area contributed by atoms with Gasteiger partial charge in [0, 0.05) is 24.3 Å². The Bertz CT molecular complexity index is 443. The van der Waals surface area contributed by atoms with E-state index in [9.17, 15) is 4.79 Å². The minimum atomic E-state index is -0.458. The average molecular weight is 290 g/mol. The molecule has 0 bridgehead atoms. The lowest BCUT2D eigenvalue weighted by atomic mass is 9.91. The highest BCUT2D eigenvalue weighted by molar-refractivity contribution is 6.02. The molecule has 0 N–H and O–H groups in total. The molecule has 0 aliphatic rings. The van der Waals surface area contributed by atoms with E-state index in [2.05, 4.69) is 49.6 Å². The van der Waals surface area contributed by atoms with Gasteiger partial charge in [-0.25, -0.2) is 0 Å². The molecule has 0 unspecified atom stereocenters. The number of carbonyl (C=O) groups is 1. The molecular weight excluding hydrogens is 260 g/mol. The van der Waals surface area contributed by atoms with Crippen LogP contribution in [0.4, 0.5) is 5.69 Å². The van der Waals surface area contributed by atoms with Gasteiger partial charge in [-0.1, -0.05) is 13.8 Å². The first-order chi connectivity index (χ1) is 9.92. The molecule has 0 radical (unpaired) electrons. The minimum Gasteiger partial charge on any atom is -0.372 e. The molecule has 0 spiro atoms. The first kappa shape index (κ1) is 17.7. The zero-order chi connectivity index (χ0) is 16.0. The second kappa shape index (κ2) is 7.60. The largest absolute Gasteiger partial charge is 0.372 e. The molecule has 3 nitrogen and oxygen atoms in total. The van der Waals surface area contributed by atoms with Crippen molar-refractivity contribution in [1.82, 2.24) is 4.90 Å². The molecule has 0 atom stereocenters. The Morgan fingerprint density at radius 1 is 0.905 bits per heavy atom. The van der Waals surface area contributed by atoms with Crippen molar-refractivity contribution in [3.05, 3.63) is 29.8 Å². The van der Waals surface area contributed by atoms with Crippen LogP contribution in [-0.4, -0.2) is 42.4 Å². The molecule has 0 aliphatic heterocycles. The van der Waals surface area contributed by atoms with Crippen LogP contribution in [-0.2, 0) is 0 Å². The molecule has 3 heteroatoms. The lowest BCUT2D eigenvalue weighted by Gasteiger charge is -2.35. The molecule has 0 saturated heterocycles. The summed E-state index contributed by atoms with van der Waals surface area (Å²) in [5.41, 5.74) is 1.51. The number of likely N-dealkylation sites (N-methyl/N-ethyl adjacent to an activating group) is 1. The van der Waals surface area contributed by atoms with Crippen LogP contribution in [0.1, 0.15) is 51.9 Å². The number of rotatable bonds is 8. The summed E-state index contributed by atoms with van der Waals surface area (Å²) in [6.07, 6.45) is 0. The molecule has 0 fully saturated rings. The van der Waals surface area contributed by atoms with E-state index in [1.807, 2.05) is 26.0 Å². The van der Waals surface area contributed by atoms with Crippen molar-refractivity contribution in [3.63, 3.8) is 0 Å². The number of anilines is 1. The Hall–Kier alpha value is -1.35. The standard InChI is InChI=1S/C18H30N2O/c1-7-19(8-2)16-13-11-15(12-14-16)17(21)18(5,6)20(9-3)10-4/h11-14H,7-10H2,1-6H3. The van der Waals surface area contributed by atoms with Crippen molar-refractivity contribution in [2.24, 2.45) is 0 Å². The van der Waals surface area contributed by atoms with Crippen molar-refractivity contribution in [3.8, 4) is 0 Å². The van der Waals surface area contributed by atoms with Crippen LogP contribution in [0.2, 0.25) is 0 Å². The summed E-state index contributed by atoms with van der Waals surface area (Å²) in [6.45, 7) is 16.2. The second-order valence-corrected chi connectivity index (χ2v) is 5.78. The summed E-state index contributed by atoms with van der Waals surface area (Å²) in [6, 6.07) is 8.03. The van der Waals surface area contributed by atoms with Crippen LogP contribution < -0.4 is 4.90 Å². The molecular formula is C18H30N2O. The van der Waals surface area contributed by atoms with Gasteiger partial charge in [-0.2, -0.15) is 0 Å². The summed E-state index contributed by atoms with van der Waals surface area (Å²) < 4.78 is 0. The van der Waals surface area contributed by atoms with E-state index in [0.29, 0.717) is 0 Å². The van der Waals surface area contributed by atoms with Crippen LogP contribution in [0.15, 0.2) is 24.3 Å². The van der Waals surface area contributed by atoms with E-state index in [1.165, 1.54) is 5.69 Å². The highest BCUT2D eigenvalue weighted by Gasteiger charge is 2.33. The molecule has 0 saturated carbocycles. The topological polar surface area (TPSA) is 23.6 Å². The van der Waals surface area contributed by atoms with Gasteiger partial charge in [-0.15, -0.1) is 0 Å². The second-order valence-electron chi connectivity index (χ2n) is 5.78. The van der Waals surface area contributed by atoms with Gasteiger partial charge in [0.2, 0.25) is 0 Å². The van der Waals surface area contributed by atoms with Crippen LogP contribution in [0.5, 0.6) is 0 Å². The van der Waals surface area contributed by atoms with Crippen molar-refractivity contribution < 1.29 is 4.79 Å². The number of benzene rings is 1. The lowest BCUT2D eigenvalue weighted by Crippen LogP contribution is -2.49. The van der Waals surface area contributed by atoms with Crippen LogP contribution in [0, 0.1) is 0 Å². The Morgan fingerprint density at radius 2 is 1.38 bits per heavy atom. The van der Waals surface area contributed by atoms with Crippen molar-refractivity contribution in [1.29, 1.82) is 0 Å². The average Bonchev–Trinajstić information content (AvgIpc) is 2.49. The monoisotopic (exact) mass is 290 g/mol. The van der Waals surface area contributed by atoms with Crippen LogP contribution >= 0.6 is 0 Å². The first-order valence-corrected chi connectivity index (χ1v) is 8.07. The van der Waals surface area contributed by atoms with Gasteiger partial charge in [0.25, 0.3) is 0 Å². The summed E-state index contributed by atoms with van der Waals surface area (Å²) in [4.78, 5) is 17.3. The maximum Gasteiger partial charge on any atom is 0.182 e. The molecule has 0 amide bonds. The van der Waals surface area contributed by atoms with Crippen molar-refractivity contribution >= 4 is 11.5 Å². The SMILES string of the molecule is CCN(CC)c1ccc(C(=O)C(C)(C)N(CC)CC)cc1. The molecule has 0 heterocycles. The van der Waals surface area contributed by atoms with Gasteiger partial charge in [-0.05, 0) is 65.0 Å². The van der Waals surface area contributed by atoms with Gasteiger partial charge in [-0.3, -0.25) is 9.69 Å². The number of ketones is 1. The zero-order valence-corrected chi connectivity index (χ0v) is 14.4. The van der Waals surface area contributed by atoms with Crippen molar-refractivity contribution in [2.45, 2.75) is 47.1 Å². The van der Waals surface area contributed by atoms with Crippen LogP contribution in [0.3, 0.4) is 0 Å². The number of carbonyl (C=O) groups excluding carboxylic acids is 1. The molecule has 0 aliphatic carbocycles. The highest BCUT2D eigenvalue weighted by atomic mass is 16.1. The predicted molar refractivity (Wildman–Crippen MR) is 91.3 cm³/mol. The summed E-state index contributed by atoms with van der Waals surface area (Å²) >= 11 is 0.